The number of halogens is 2. The molecule has 1 atom stereocenters. The first kappa shape index (κ1) is 23.9. The number of rotatable bonds is 8. The lowest BCUT2D eigenvalue weighted by Gasteiger charge is -2.24. The Labute approximate surface area is 207 Å². The monoisotopic (exact) mass is 499 g/mol. The van der Waals surface area contributed by atoms with Crippen LogP contribution in [0.3, 0.4) is 0 Å². The van der Waals surface area contributed by atoms with Crippen molar-refractivity contribution in [3.8, 4) is 5.75 Å². The number of benzene rings is 2. The van der Waals surface area contributed by atoms with Gasteiger partial charge in [-0.25, -0.2) is 0 Å². The van der Waals surface area contributed by atoms with E-state index in [1.807, 2.05) is 0 Å². The number of amides is 1. The predicted molar refractivity (Wildman–Crippen MR) is 130 cm³/mol. The molecule has 6 nitrogen and oxygen atoms in total. The van der Waals surface area contributed by atoms with Gasteiger partial charge in [0.2, 0.25) is 0 Å². The molecule has 0 bridgehead atoms. The molecular weight excluding hydrogens is 477 g/mol. The number of ketones is 1. The molecule has 34 heavy (non-hydrogen) atoms. The highest BCUT2D eigenvalue weighted by Gasteiger charge is 2.46. The van der Waals surface area contributed by atoms with Crippen LogP contribution in [0.2, 0.25) is 10.0 Å². The highest BCUT2D eigenvalue weighted by molar-refractivity contribution is 6.46. The van der Waals surface area contributed by atoms with E-state index in [2.05, 4.69) is 6.92 Å². The van der Waals surface area contributed by atoms with E-state index in [4.69, 9.17) is 32.4 Å². The molecule has 2 aromatic carbocycles. The predicted octanol–water partition coefficient (Wildman–Crippen LogP) is 6.39. The molecule has 1 aromatic heterocycles. The van der Waals surface area contributed by atoms with Crippen LogP contribution in [0.4, 0.5) is 0 Å². The molecule has 4 rings (SSSR count). The van der Waals surface area contributed by atoms with E-state index in [1.54, 1.807) is 54.6 Å². The Morgan fingerprint density at radius 3 is 2.62 bits per heavy atom. The zero-order valence-electron chi connectivity index (χ0n) is 18.5. The van der Waals surface area contributed by atoms with Gasteiger partial charge in [0.25, 0.3) is 11.7 Å². The lowest BCUT2D eigenvalue weighted by Crippen LogP contribution is -2.29. The maximum Gasteiger partial charge on any atom is 0.296 e. The van der Waals surface area contributed by atoms with Crippen LogP contribution < -0.4 is 4.74 Å². The lowest BCUT2D eigenvalue weighted by atomic mass is 9.95. The summed E-state index contributed by atoms with van der Waals surface area (Å²) >= 11 is 12.3. The molecule has 1 aliphatic rings. The fourth-order valence-electron chi connectivity index (χ4n) is 3.87. The summed E-state index contributed by atoms with van der Waals surface area (Å²) in [6, 6.07) is 14.2. The minimum absolute atomic E-state index is 0.0411. The van der Waals surface area contributed by atoms with E-state index < -0.39 is 17.7 Å². The van der Waals surface area contributed by atoms with E-state index >= 15 is 0 Å². The number of likely N-dealkylation sites (tertiary alicyclic amines) is 1. The summed E-state index contributed by atoms with van der Waals surface area (Å²) in [5, 5.41) is 11.9. The maximum absolute atomic E-state index is 13.2. The second-order valence-corrected chi connectivity index (χ2v) is 8.72. The van der Waals surface area contributed by atoms with Gasteiger partial charge in [0.15, 0.2) is 0 Å². The Kier molecular flexibility index (Phi) is 7.29. The quantitative estimate of drug-likeness (QED) is 0.168. The summed E-state index contributed by atoms with van der Waals surface area (Å²) in [6.45, 7) is 2.65. The fraction of sp³-hybridized carbons (Fsp3) is 0.231. The van der Waals surface area contributed by atoms with Crippen molar-refractivity contribution in [2.24, 2.45) is 0 Å². The van der Waals surface area contributed by atoms with Gasteiger partial charge in [0.1, 0.15) is 17.3 Å². The third kappa shape index (κ3) is 4.83. The number of hydrogen-bond acceptors (Lipinski definition) is 5. The molecule has 3 aromatic rings. The van der Waals surface area contributed by atoms with Gasteiger partial charge in [-0.1, -0.05) is 54.7 Å². The van der Waals surface area contributed by atoms with Gasteiger partial charge in [0.05, 0.1) is 41.1 Å². The van der Waals surface area contributed by atoms with E-state index in [0.717, 1.165) is 12.8 Å². The second kappa shape index (κ2) is 10.4. The Bertz CT molecular complexity index is 1240. The first-order valence-corrected chi connectivity index (χ1v) is 11.6. The average Bonchev–Trinajstić information content (AvgIpc) is 3.43. The number of furan rings is 1. The number of Topliss-reactive ketones (excluding diaryl/α,β-unsaturated/α-hetero) is 1. The van der Waals surface area contributed by atoms with Crippen molar-refractivity contribution in [2.75, 3.05) is 6.61 Å². The van der Waals surface area contributed by atoms with Gasteiger partial charge in [-0.3, -0.25) is 9.59 Å². The van der Waals surface area contributed by atoms with E-state index in [0.29, 0.717) is 34.3 Å². The molecule has 0 aliphatic carbocycles. The summed E-state index contributed by atoms with van der Waals surface area (Å²) in [5.41, 5.74) is 0.868. The number of unbranched alkanes of at least 4 members (excludes halogenated alkanes) is 1. The van der Waals surface area contributed by atoms with Crippen LogP contribution in [0.25, 0.3) is 5.76 Å². The number of carbonyl (C=O) groups excluding carboxylic acids is 2. The molecular formula is C26H23Cl2NO5. The molecule has 8 heteroatoms. The highest BCUT2D eigenvalue weighted by atomic mass is 35.5. The Hall–Kier alpha value is -3.22. The number of nitrogens with zero attached hydrogens (tertiary/aromatic N) is 1. The normalized spacial score (nSPS) is 17.4. The molecule has 1 aliphatic heterocycles. The van der Waals surface area contributed by atoms with E-state index in [9.17, 15) is 14.7 Å². The third-order valence-corrected chi connectivity index (χ3v) is 6.32. The fourth-order valence-corrected chi connectivity index (χ4v) is 4.17. The van der Waals surface area contributed by atoms with Crippen LogP contribution in [0.1, 0.15) is 42.7 Å². The Morgan fingerprint density at radius 1 is 1.09 bits per heavy atom. The van der Waals surface area contributed by atoms with Gasteiger partial charge in [-0.2, -0.15) is 0 Å². The van der Waals surface area contributed by atoms with E-state index in [1.165, 1.54) is 11.2 Å². The molecule has 1 fully saturated rings. The van der Waals surface area contributed by atoms with Gasteiger partial charge in [-0.15, -0.1) is 0 Å². The van der Waals surface area contributed by atoms with Crippen molar-refractivity contribution in [3.05, 3.63) is 93.4 Å². The smallest absolute Gasteiger partial charge is 0.296 e. The average molecular weight is 500 g/mol. The van der Waals surface area contributed by atoms with Crippen molar-refractivity contribution in [1.29, 1.82) is 0 Å². The van der Waals surface area contributed by atoms with Crippen molar-refractivity contribution in [1.82, 2.24) is 4.90 Å². The minimum atomic E-state index is -0.885. The molecule has 1 unspecified atom stereocenters. The number of aliphatic hydroxyl groups is 1. The Balaban J connectivity index is 1.80. The third-order valence-electron chi connectivity index (χ3n) is 5.58. The maximum atomic E-state index is 13.2. The first-order valence-electron chi connectivity index (χ1n) is 10.9. The molecule has 0 saturated carbocycles. The molecule has 0 radical (unpaired) electrons. The van der Waals surface area contributed by atoms with Crippen LogP contribution >= 0.6 is 23.2 Å². The molecule has 1 amide bonds. The molecule has 2 heterocycles. The van der Waals surface area contributed by atoms with E-state index in [-0.39, 0.29) is 22.9 Å². The molecule has 176 valence electrons. The zero-order chi connectivity index (χ0) is 24.2. The van der Waals surface area contributed by atoms with Crippen molar-refractivity contribution < 1.29 is 23.8 Å². The number of aliphatic hydroxyl groups excluding tert-OH is 1. The lowest BCUT2D eigenvalue weighted by molar-refractivity contribution is -0.140. The topological polar surface area (TPSA) is 80.0 Å². The summed E-state index contributed by atoms with van der Waals surface area (Å²) in [7, 11) is 0. The van der Waals surface area contributed by atoms with Crippen LogP contribution in [-0.4, -0.2) is 28.3 Å². The number of ether oxygens (including phenoxy) is 1. The molecule has 0 spiro atoms. The number of carbonyl (C=O) groups is 2. The van der Waals surface area contributed by atoms with Crippen LogP contribution in [0.5, 0.6) is 5.75 Å². The molecule has 1 saturated heterocycles. The summed E-state index contributed by atoms with van der Waals surface area (Å²) in [5.74, 6) is -0.772. The molecule has 1 N–H and O–H groups in total. The second-order valence-electron chi connectivity index (χ2n) is 7.91. The number of hydrogen-bond donors (Lipinski definition) is 1. The standard InChI is InChI=1S/C26H23Cl2NO5/c1-2-3-11-33-18-7-4-6-17(13-18)24(30)22-23(16-9-10-20(27)21(28)14-16)29(26(32)25(22)31)15-19-8-5-12-34-19/h4-10,12-14,23,30H,2-3,11,15H2,1H3/b24-22+. The van der Waals surface area contributed by atoms with Crippen molar-refractivity contribution in [2.45, 2.75) is 32.4 Å². The van der Waals surface area contributed by atoms with Crippen LogP contribution in [0.15, 0.2) is 70.9 Å². The zero-order valence-corrected chi connectivity index (χ0v) is 20.0. The van der Waals surface area contributed by atoms with Crippen molar-refractivity contribution in [3.63, 3.8) is 0 Å². The van der Waals surface area contributed by atoms with Gasteiger partial charge in [0, 0.05) is 5.56 Å². The minimum Gasteiger partial charge on any atom is -0.507 e. The van der Waals surface area contributed by atoms with Crippen LogP contribution in [0, 0.1) is 0 Å². The van der Waals surface area contributed by atoms with Gasteiger partial charge >= 0.3 is 0 Å². The summed E-state index contributed by atoms with van der Waals surface area (Å²) in [6.07, 6.45) is 3.37. The Morgan fingerprint density at radius 2 is 1.91 bits per heavy atom. The summed E-state index contributed by atoms with van der Waals surface area (Å²) < 4.78 is 11.1. The first-order chi connectivity index (χ1) is 16.4. The highest BCUT2D eigenvalue weighted by Crippen LogP contribution is 2.42. The SMILES string of the molecule is CCCCOc1cccc(/C(O)=C2\C(=O)C(=O)N(Cc3ccco3)C2c2ccc(Cl)c(Cl)c2)c1. The van der Waals surface area contributed by atoms with Crippen LogP contribution in [-0.2, 0) is 16.1 Å². The van der Waals surface area contributed by atoms with Crippen molar-refractivity contribution >= 4 is 40.7 Å². The largest absolute Gasteiger partial charge is 0.507 e. The van der Waals surface area contributed by atoms with Gasteiger partial charge < -0.3 is 19.2 Å². The summed E-state index contributed by atoms with van der Waals surface area (Å²) in [4.78, 5) is 27.6. The van der Waals surface area contributed by atoms with Gasteiger partial charge in [-0.05, 0) is 48.4 Å².